The molecule has 0 aliphatic carbocycles. The highest BCUT2D eigenvalue weighted by Gasteiger charge is 2.08. The van der Waals surface area contributed by atoms with Crippen LogP contribution in [0.15, 0.2) is 60.8 Å². The number of hydrogen-bond acceptors (Lipinski definition) is 7. The van der Waals surface area contributed by atoms with Crippen molar-refractivity contribution in [2.24, 2.45) is 0 Å². The van der Waals surface area contributed by atoms with Crippen molar-refractivity contribution in [3.63, 3.8) is 0 Å². The van der Waals surface area contributed by atoms with Crippen molar-refractivity contribution >= 4 is 33.1 Å². The lowest BCUT2D eigenvalue weighted by Crippen LogP contribution is -2.19. The van der Waals surface area contributed by atoms with E-state index >= 15 is 0 Å². The van der Waals surface area contributed by atoms with Gasteiger partial charge in [0.2, 0.25) is 11.9 Å². The van der Waals surface area contributed by atoms with E-state index in [0.717, 1.165) is 28.2 Å². The molecular formula is C23H27N5O3S. The molecule has 0 bridgehead atoms. The molecule has 0 fully saturated rings. The van der Waals surface area contributed by atoms with Gasteiger partial charge in [0.15, 0.2) is 9.84 Å². The van der Waals surface area contributed by atoms with Crippen LogP contribution in [-0.2, 0) is 33.9 Å². The number of para-hydroxylation sites is 1. The van der Waals surface area contributed by atoms with E-state index in [9.17, 15) is 13.2 Å². The second-order valence-corrected chi connectivity index (χ2v) is 9.59. The van der Waals surface area contributed by atoms with Gasteiger partial charge in [0, 0.05) is 36.6 Å². The second-order valence-electron chi connectivity index (χ2n) is 7.45. The third-order valence-corrected chi connectivity index (χ3v) is 5.40. The summed E-state index contributed by atoms with van der Waals surface area (Å²) in [6, 6.07) is 17.1. The summed E-state index contributed by atoms with van der Waals surface area (Å²) in [6.07, 6.45) is 4.58. The SMILES string of the molecule is CNC(=O)Cc1cccc(Nc2nccc(CCc3ccccc3NCS(C)(=O)=O)n2)c1. The van der Waals surface area contributed by atoms with E-state index in [4.69, 9.17) is 0 Å². The molecule has 9 heteroatoms. The number of sulfone groups is 1. The fourth-order valence-electron chi connectivity index (χ4n) is 3.14. The number of hydrogen-bond donors (Lipinski definition) is 3. The maximum absolute atomic E-state index is 11.6. The van der Waals surface area contributed by atoms with E-state index < -0.39 is 9.84 Å². The highest BCUT2D eigenvalue weighted by molar-refractivity contribution is 7.90. The Morgan fingerprint density at radius 2 is 1.84 bits per heavy atom. The number of nitrogens with one attached hydrogen (secondary N) is 3. The number of anilines is 3. The molecule has 0 atom stereocenters. The van der Waals surface area contributed by atoms with Gasteiger partial charge < -0.3 is 16.0 Å². The van der Waals surface area contributed by atoms with Crippen molar-refractivity contribution in [2.75, 3.05) is 29.8 Å². The van der Waals surface area contributed by atoms with E-state index in [1.807, 2.05) is 54.6 Å². The van der Waals surface area contributed by atoms with E-state index in [-0.39, 0.29) is 11.8 Å². The normalized spacial score (nSPS) is 11.1. The van der Waals surface area contributed by atoms with Crippen LogP contribution in [0.3, 0.4) is 0 Å². The topological polar surface area (TPSA) is 113 Å². The monoisotopic (exact) mass is 453 g/mol. The summed E-state index contributed by atoms with van der Waals surface area (Å²) in [6.45, 7) is 0. The van der Waals surface area contributed by atoms with Crippen LogP contribution in [0.2, 0.25) is 0 Å². The number of carbonyl (C=O) groups excluding carboxylic acids is 1. The first-order valence-electron chi connectivity index (χ1n) is 10.2. The third-order valence-electron chi connectivity index (χ3n) is 4.73. The smallest absolute Gasteiger partial charge is 0.227 e. The van der Waals surface area contributed by atoms with Gasteiger partial charge in [0.1, 0.15) is 5.88 Å². The molecule has 32 heavy (non-hydrogen) atoms. The summed E-state index contributed by atoms with van der Waals surface area (Å²) < 4.78 is 22.9. The molecule has 0 unspecified atom stereocenters. The number of amides is 1. The summed E-state index contributed by atoms with van der Waals surface area (Å²) >= 11 is 0. The molecule has 0 saturated carbocycles. The lowest BCUT2D eigenvalue weighted by molar-refractivity contribution is -0.119. The maximum Gasteiger partial charge on any atom is 0.227 e. The number of rotatable bonds is 10. The molecule has 0 saturated heterocycles. The van der Waals surface area contributed by atoms with Gasteiger partial charge in [-0.25, -0.2) is 18.4 Å². The summed E-state index contributed by atoms with van der Waals surface area (Å²) in [5.41, 5.74) is 4.38. The van der Waals surface area contributed by atoms with Crippen molar-refractivity contribution in [1.82, 2.24) is 15.3 Å². The Bertz CT molecular complexity index is 1180. The molecule has 3 aromatic rings. The van der Waals surface area contributed by atoms with Crippen LogP contribution in [-0.4, -0.2) is 43.5 Å². The minimum atomic E-state index is -3.12. The van der Waals surface area contributed by atoms with Crippen molar-refractivity contribution in [2.45, 2.75) is 19.3 Å². The lowest BCUT2D eigenvalue weighted by atomic mass is 10.1. The quantitative estimate of drug-likeness (QED) is 0.433. The van der Waals surface area contributed by atoms with E-state index in [1.165, 1.54) is 6.26 Å². The van der Waals surface area contributed by atoms with Crippen LogP contribution in [0.4, 0.5) is 17.3 Å². The maximum atomic E-state index is 11.6. The Labute approximate surface area is 188 Å². The number of aryl methyl sites for hydroxylation is 2. The Morgan fingerprint density at radius 3 is 2.62 bits per heavy atom. The zero-order valence-electron chi connectivity index (χ0n) is 18.1. The second kappa shape index (κ2) is 10.7. The summed E-state index contributed by atoms with van der Waals surface area (Å²) in [5.74, 6) is 0.319. The molecule has 3 N–H and O–H groups in total. The van der Waals surface area contributed by atoms with Crippen LogP contribution in [0.1, 0.15) is 16.8 Å². The Morgan fingerprint density at radius 1 is 1.03 bits per heavy atom. The van der Waals surface area contributed by atoms with Crippen LogP contribution < -0.4 is 16.0 Å². The Kier molecular flexibility index (Phi) is 7.77. The Balaban J connectivity index is 1.65. The van der Waals surface area contributed by atoms with Crippen molar-refractivity contribution in [3.8, 4) is 0 Å². The zero-order valence-corrected chi connectivity index (χ0v) is 18.9. The van der Waals surface area contributed by atoms with Gasteiger partial charge in [0.25, 0.3) is 0 Å². The van der Waals surface area contributed by atoms with Crippen molar-refractivity contribution in [3.05, 3.63) is 77.6 Å². The van der Waals surface area contributed by atoms with E-state index in [1.54, 1.807) is 13.2 Å². The molecule has 0 aliphatic heterocycles. The first-order valence-corrected chi connectivity index (χ1v) is 12.3. The number of aromatic nitrogens is 2. The van der Waals surface area contributed by atoms with Gasteiger partial charge in [-0.1, -0.05) is 30.3 Å². The minimum Gasteiger partial charge on any atom is -0.371 e. The molecule has 1 heterocycles. The molecule has 3 rings (SSSR count). The zero-order chi connectivity index (χ0) is 23.0. The lowest BCUT2D eigenvalue weighted by Gasteiger charge is -2.12. The van der Waals surface area contributed by atoms with Gasteiger partial charge >= 0.3 is 0 Å². The molecule has 0 spiro atoms. The highest BCUT2D eigenvalue weighted by Crippen LogP contribution is 2.19. The molecule has 8 nitrogen and oxygen atoms in total. The fraction of sp³-hybridized carbons (Fsp3) is 0.261. The predicted octanol–water partition coefficient (Wildman–Crippen LogP) is 2.71. The van der Waals surface area contributed by atoms with Crippen LogP contribution in [0.25, 0.3) is 0 Å². The van der Waals surface area contributed by atoms with E-state index in [2.05, 4.69) is 25.9 Å². The number of likely N-dealkylation sites (N-methyl/N-ethyl adjacent to an activating group) is 1. The summed E-state index contributed by atoms with van der Waals surface area (Å²) in [5, 5.41) is 8.80. The van der Waals surface area contributed by atoms with Crippen LogP contribution >= 0.6 is 0 Å². The predicted molar refractivity (Wildman–Crippen MR) is 127 cm³/mol. The van der Waals surface area contributed by atoms with Gasteiger partial charge in [-0.2, -0.15) is 0 Å². The van der Waals surface area contributed by atoms with E-state index in [0.29, 0.717) is 25.2 Å². The molecule has 1 amide bonds. The average molecular weight is 454 g/mol. The van der Waals surface area contributed by atoms with Crippen LogP contribution in [0.5, 0.6) is 0 Å². The highest BCUT2D eigenvalue weighted by atomic mass is 32.2. The average Bonchev–Trinajstić information content (AvgIpc) is 2.77. The Hall–Kier alpha value is -3.46. The van der Waals surface area contributed by atoms with Crippen molar-refractivity contribution < 1.29 is 13.2 Å². The van der Waals surface area contributed by atoms with Crippen LogP contribution in [0, 0.1) is 0 Å². The molecule has 1 aromatic heterocycles. The van der Waals surface area contributed by atoms with Gasteiger partial charge in [-0.15, -0.1) is 0 Å². The van der Waals surface area contributed by atoms with Gasteiger partial charge in [-0.3, -0.25) is 4.79 Å². The van der Waals surface area contributed by atoms with Crippen molar-refractivity contribution in [1.29, 1.82) is 0 Å². The first-order chi connectivity index (χ1) is 15.3. The number of benzene rings is 2. The standard InChI is InChI=1S/C23H27N5O3S/c1-24-22(29)15-17-6-5-8-20(14-17)28-23-25-13-12-19(27-23)11-10-18-7-3-4-9-21(18)26-16-32(2,30)31/h3-9,12-14,26H,10-11,15-16H2,1-2H3,(H,24,29)(H,25,27,28). The molecular weight excluding hydrogens is 426 g/mol. The summed E-state index contributed by atoms with van der Waals surface area (Å²) in [7, 11) is -1.50. The minimum absolute atomic E-state index is 0.0493. The molecule has 0 aliphatic rings. The van der Waals surface area contributed by atoms with Gasteiger partial charge in [0.05, 0.1) is 6.42 Å². The summed E-state index contributed by atoms with van der Waals surface area (Å²) in [4.78, 5) is 20.5. The molecule has 0 radical (unpaired) electrons. The number of nitrogens with zero attached hydrogens (tertiary/aromatic N) is 2. The number of carbonyl (C=O) groups is 1. The first kappa shape index (κ1) is 23.2. The molecule has 2 aromatic carbocycles. The van der Waals surface area contributed by atoms with Gasteiger partial charge in [-0.05, 0) is 48.2 Å². The fourth-order valence-corrected chi connectivity index (χ4v) is 3.56. The third kappa shape index (κ3) is 7.35. The largest absolute Gasteiger partial charge is 0.371 e. The molecule has 168 valence electrons.